The van der Waals surface area contributed by atoms with Crippen molar-refractivity contribution in [3.63, 3.8) is 0 Å². The van der Waals surface area contributed by atoms with E-state index in [0.29, 0.717) is 23.8 Å². The van der Waals surface area contributed by atoms with Crippen LogP contribution in [0.25, 0.3) is 0 Å². The highest BCUT2D eigenvalue weighted by Crippen LogP contribution is 2.21. The molecule has 22 heavy (non-hydrogen) atoms. The highest BCUT2D eigenvalue weighted by atomic mass is 35.5. The van der Waals surface area contributed by atoms with Gasteiger partial charge in [0.05, 0.1) is 0 Å². The number of rotatable bonds is 3. The monoisotopic (exact) mass is 316 g/mol. The van der Waals surface area contributed by atoms with Crippen LogP contribution in [-0.2, 0) is 0 Å². The number of amides is 3. The summed E-state index contributed by atoms with van der Waals surface area (Å²) < 4.78 is 0. The van der Waals surface area contributed by atoms with Crippen molar-refractivity contribution >= 4 is 34.9 Å². The number of aromatic nitrogens is 1. The SMILES string of the molecule is O=C(Nc1cccc(N2CCNC2=O)c1)c1cc(Cl)ccn1. The molecule has 1 saturated heterocycles. The third kappa shape index (κ3) is 3.01. The molecule has 0 spiro atoms. The molecule has 0 unspecified atom stereocenters. The van der Waals surface area contributed by atoms with Gasteiger partial charge in [-0.05, 0) is 30.3 Å². The largest absolute Gasteiger partial charge is 0.336 e. The number of hydrogen-bond acceptors (Lipinski definition) is 3. The maximum absolute atomic E-state index is 12.1. The van der Waals surface area contributed by atoms with E-state index in [1.807, 2.05) is 6.07 Å². The standard InChI is InChI=1S/C15H13ClN4O2/c16-10-4-5-17-13(8-10)14(21)19-11-2-1-3-12(9-11)20-7-6-18-15(20)22/h1-5,8-9H,6-7H2,(H,18,22)(H,19,21). The topological polar surface area (TPSA) is 74.3 Å². The van der Waals surface area contributed by atoms with Gasteiger partial charge in [0.2, 0.25) is 0 Å². The molecule has 7 heteroatoms. The molecule has 3 rings (SSSR count). The third-order valence-electron chi connectivity index (χ3n) is 3.23. The maximum Gasteiger partial charge on any atom is 0.321 e. The van der Waals surface area contributed by atoms with Gasteiger partial charge >= 0.3 is 6.03 Å². The van der Waals surface area contributed by atoms with Crippen LogP contribution in [0.15, 0.2) is 42.6 Å². The van der Waals surface area contributed by atoms with Crippen molar-refractivity contribution in [1.82, 2.24) is 10.3 Å². The zero-order valence-electron chi connectivity index (χ0n) is 11.5. The van der Waals surface area contributed by atoms with Crippen LogP contribution < -0.4 is 15.5 Å². The van der Waals surface area contributed by atoms with Gasteiger partial charge in [-0.15, -0.1) is 0 Å². The zero-order valence-corrected chi connectivity index (χ0v) is 12.3. The van der Waals surface area contributed by atoms with E-state index in [1.54, 1.807) is 29.2 Å². The summed E-state index contributed by atoms with van der Waals surface area (Å²) in [5, 5.41) is 5.93. The third-order valence-corrected chi connectivity index (χ3v) is 3.46. The number of carbonyl (C=O) groups excluding carboxylic acids is 2. The minimum atomic E-state index is -0.356. The lowest BCUT2D eigenvalue weighted by atomic mass is 10.2. The van der Waals surface area contributed by atoms with Gasteiger partial charge in [0.15, 0.2) is 0 Å². The second-order valence-corrected chi connectivity index (χ2v) is 5.18. The lowest BCUT2D eigenvalue weighted by Crippen LogP contribution is -2.27. The molecule has 1 fully saturated rings. The first kappa shape index (κ1) is 14.3. The van der Waals surface area contributed by atoms with Crippen molar-refractivity contribution in [3.8, 4) is 0 Å². The molecule has 1 aliphatic rings. The molecule has 6 nitrogen and oxygen atoms in total. The van der Waals surface area contributed by atoms with E-state index in [0.717, 1.165) is 5.69 Å². The Labute approximate surface area is 132 Å². The lowest BCUT2D eigenvalue weighted by molar-refractivity contribution is 0.102. The van der Waals surface area contributed by atoms with Gasteiger partial charge in [-0.25, -0.2) is 4.79 Å². The number of anilines is 2. The van der Waals surface area contributed by atoms with E-state index in [2.05, 4.69) is 15.6 Å². The van der Waals surface area contributed by atoms with Crippen LogP contribution in [-0.4, -0.2) is 30.0 Å². The Kier molecular flexibility index (Phi) is 3.93. The molecule has 3 amide bonds. The summed E-state index contributed by atoms with van der Waals surface area (Å²) in [6, 6.07) is 10.0. The first-order chi connectivity index (χ1) is 10.6. The van der Waals surface area contributed by atoms with Crippen molar-refractivity contribution in [1.29, 1.82) is 0 Å². The smallest absolute Gasteiger partial charge is 0.321 e. The molecule has 0 aliphatic carbocycles. The van der Waals surface area contributed by atoms with Gasteiger partial charge in [0.1, 0.15) is 5.69 Å². The van der Waals surface area contributed by atoms with Crippen molar-refractivity contribution in [2.24, 2.45) is 0 Å². The molecule has 2 N–H and O–H groups in total. The number of nitrogens with one attached hydrogen (secondary N) is 2. The molecule has 1 aromatic carbocycles. The Bertz CT molecular complexity index is 735. The number of hydrogen-bond donors (Lipinski definition) is 2. The highest BCUT2D eigenvalue weighted by molar-refractivity contribution is 6.30. The van der Waals surface area contributed by atoms with Gasteiger partial charge in [-0.2, -0.15) is 0 Å². The van der Waals surface area contributed by atoms with Crippen molar-refractivity contribution in [2.45, 2.75) is 0 Å². The van der Waals surface area contributed by atoms with E-state index in [4.69, 9.17) is 11.6 Å². The molecule has 1 aromatic heterocycles. The fourth-order valence-electron chi connectivity index (χ4n) is 2.19. The van der Waals surface area contributed by atoms with Crippen LogP contribution >= 0.6 is 11.6 Å². The van der Waals surface area contributed by atoms with Crippen molar-refractivity contribution in [2.75, 3.05) is 23.3 Å². The highest BCUT2D eigenvalue weighted by Gasteiger charge is 2.21. The molecular weight excluding hydrogens is 304 g/mol. The molecule has 1 aliphatic heterocycles. The number of urea groups is 1. The lowest BCUT2D eigenvalue weighted by Gasteiger charge is -2.15. The number of pyridine rings is 1. The molecule has 2 heterocycles. The fourth-order valence-corrected chi connectivity index (χ4v) is 2.35. The number of nitrogens with zero attached hydrogens (tertiary/aromatic N) is 2. The number of carbonyl (C=O) groups is 2. The summed E-state index contributed by atoms with van der Waals surface area (Å²) in [6.07, 6.45) is 1.47. The molecular formula is C15H13ClN4O2. The van der Waals surface area contributed by atoms with E-state index < -0.39 is 0 Å². The Morgan fingerprint density at radius 1 is 1.32 bits per heavy atom. The predicted molar refractivity (Wildman–Crippen MR) is 84.4 cm³/mol. The van der Waals surface area contributed by atoms with Crippen molar-refractivity contribution < 1.29 is 9.59 Å². The second-order valence-electron chi connectivity index (χ2n) is 4.75. The Balaban J connectivity index is 1.78. The molecule has 0 bridgehead atoms. The molecule has 2 aromatic rings. The zero-order chi connectivity index (χ0) is 15.5. The number of halogens is 1. The Hall–Kier alpha value is -2.60. The first-order valence-electron chi connectivity index (χ1n) is 6.72. The maximum atomic E-state index is 12.1. The van der Waals surface area contributed by atoms with E-state index in [-0.39, 0.29) is 17.6 Å². The van der Waals surface area contributed by atoms with Crippen LogP contribution in [0.4, 0.5) is 16.2 Å². The van der Waals surface area contributed by atoms with Crippen LogP contribution in [0.3, 0.4) is 0 Å². The normalized spacial score (nSPS) is 13.9. The predicted octanol–water partition coefficient (Wildman–Crippen LogP) is 2.52. The summed E-state index contributed by atoms with van der Waals surface area (Å²) in [6.45, 7) is 1.22. The summed E-state index contributed by atoms with van der Waals surface area (Å²) in [7, 11) is 0. The first-order valence-corrected chi connectivity index (χ1v) is 7.09. The molecule has 112 valence electrons. The van der Waals surface area contributed by atoms with E-state index >= 15 is 0 Å². The summed E-state index contributed by atoms with van der Waals surface area (Å²) in [5.74, 6) is -0.356. The summed E-state index contributed by atoms with van der Waals surface area (Å²) in [5.41, 5.74) is 1.55. The van der Waals surface area contributed by atoms with Crippen LogP contribution in [0.5, 0.6) is 0 Å². The average Bonchev–Trinajstić information content (AvgIpc) is 2.94. The quantitative estimate of drug-likeness (QED) is 0.913. The second kappa shape index (κ2) is 6.03. The van der Waals surface area contributed by atoms with Gasteiger partial charge in [0.25, 0.3) is 5.91 Å². The Morgan fingerprint density at radius 3 is 2.91 bits per heavy atom. The van der Waals surface area contributed by atoms with E-state index in [9.17, 15) is 9.59 Å². The average molecular weight is 317 g/mol. The Morgan fingerprint density at radius 2 is 2.18 bits per heavy atom. The van der Waals surface area contributed by atoms with Gasteiger partial charge < -0.3 is 10.6 Å². The molecule has 0 atom stereocenters. The minimum Gasteiger partial charge on any atom is -0.336 e. The fraction of sp³-hybridized carbons (Fsp3) is 0.133. The van der Waals surface area contributed by atoms with Crippen LogP contribution in [0, 0.1) is 0 Å². The molecule has 0 saturated carbocycles. The summed E-state index contributed by atoms with van der Waals surface area (Å²) >= 11 is 5.85. The van der Waals surface area contributed by atoms with Gasteiger partial charge in [-0.1, -0.05) is 17.7 Å². The minimum absolute atomic E-state index is 0.139. The van der Waals surface area contributed by atoms with E-state index in [1.165, 1.54) is 12.3 Å². The molecule has 0 radical (unpaired) electrons. The van der Waals surface area contributed by atoms with Gasteiger partial charge in [0, 0.05) is 35.7 Å². The number of benzene rings is 1. The van der Waals surface area contributed by atoms with Crippen LogP contribution in [0.1, 0.15) is 10.5 Å². The van der Waals surface area contributed by atoms with Crippen LogP contribution in [0.2, 0.25) is 5.02 Å². The summed E-state index contributed by atoms with van der Waals surface area (Å²) in [4.78, 5) is 29.4. The van der Waals surface area contributed by atoms with Crippen molar-refractivity contribution in [3.05, 3.63) is 53.3 Å². The van der Waals surface area contributed by atoms with Gasteiger partial charge in [-0.3, -0.25) is 14.7 Å².